The molecule has 0 bridgehead atoms. The molecule has 2 aliphatic heterocycles. The summed E-state index contributed by atoms with van der Waals surface area (Å²) in [5, 5.41) is 0. The van der Waals surface area contributed by atoms with Crippen molar-refractivity contribution in [1.82, 2.24) is 9.80 Å². The summed E-state index contributed by atoms with van der Waals surface area (Å²) in [6.07, 6.45) is -0.236. The second kappa shape index (κ2) is 9.26. The number of carbonyl (C=O) groups is 1. The molecule has 170 valence electrons. The first kappa shape index (κ1) is 22.8. The molecule has 2 aliphatic rings. The first-order valence-electron chi connectivity index (χ1n) is 11.4. The summed E-state index contributed by atoms with van der Waals surface area (Å²) < 4.78 is 17.7. The number of amides is 1. The summed E-state index contributed by atoms with van der Waals surface area (Å²) >= 11 is 0. The summed E-state index contributed by atoms with van der Waals surface area (Å²) in [5.41, 5.74) is 2.61. The van der Waals surface area contributed by atoms with Crippen molar-refractivity contribution >= 4 is 18.7 Å². The minimum atomic E-state index is -0.335. The Bertz CT molecular complexity index is 893. The number of benzene rings is 2. The first-order chi connectivity index (χ1) is 15.2. The molecule has 0 spiro atoms. The fourth-order valence-corrected chi connectivity index (χ4v) is 3.92. The molecular formula is C25H33BN2O4. The van der Waals surface area contributed by atoms with Crippen LogP contribution in [-0.2, 0) is 27.2 Å². The third-order valence-corrected chi connectivity index (χ3v) is 6.75. The van der Waals surface area contributed by atoms with Crippen LogP contribution >= 0.6 is 0 Å². The van der Waals surface area contributed by atoms with Gasteiger partial charge in [-0.25, -0.2) is 4.79 Å². The molecule has 2 saturated heterocycles. The second-order valence-electron chi connectivity index (χ2n) is 9.63. The summed E-state index contributed by atoms with van der Waals surface area (Å²) in [6.45, 7) is 12.5. The highest BCUT2D eigenvalue weighted by molar-refractivity contribution is 6.62. The molecule has 1 amide bonds. The van der Waals surface area contributed by atoms with Crippen molar-refractivity contribution in [2.45, 2.75) is 52.0 Å². The van der Waals surface area contributed by atoms with Gasteiger partial charge in [0, 0.05) is 32.7 Å². The summed E-state index contributed by atoms with van der Waals surface area (Å²) in [4.78, 5) is 16.5. The molecule has 0 aromatic heterocycles. The largest absolute Gasteiger partial charge is 0.494 e. The van der Waals surface area contributed by atoms with Crippen LogP contribution in [0.15, 0.2) is 54.6 Å². The van der Waals surface area contributed by atoms with Gasteiger partial charge in [-0.15, -0.1) is 0 Å². The van der Waals surface area contributed by atoms with E-state index in [4.69, 9.17) is 14.0 Å². The molecule has 2 aromatic carbocycles. The van der Waals surface area contributed by atoms with Gasteiger partial charge in [0.2, 0.25) is 0 Å². The number of ether oxygens (including phenoxy) is 1. The van der Waals surface area contributed by atoms with Crippen molar-refractivity contribution in [2.24, 2.45) is 0 Å². The highest BCUT2D eigenvalue weighted by Crippen LogP contribution is 2.36. The average molecular weight is 436 g/mol. The predicted molar refractivity (Wildman–Crippen MR) is 126 cm³/mol. The van der Waals surface area contributed by atoms with Crippen molar-refractivity contribution in [2.75, 3.05) is 26.2 Å². The SMILES string of the molecule is CC1(C)OB(c2ccc(CN3CCN(C(=O)OCc4ccccc4)CC3)cc2)OC1(C)C. The van der Waals surface area contributed by atoms with Crippen molar-refractivity contribution in [3.63, 3.8) is 0 Å². The molecule has 0 unspecified atom stereocenters. The van der Waals surface area contributed by atoms with E-state index in [2.05, 4.69) is 56.9 Å². The lowest BCUT2D eigenvalue weighted by Gasteiger charge is -2.34. The van der Waals surface area contributed by atoms with Gasteiger partial charge in [-0.05, 0) is 44.3 Å². The van der Waals surface area contributed by atoms with E-state index in [1.807, 2.05) is 30.3 Å². The molecule has 2 aromatic rings. The van der Waals surface area contributed by atoms with Crippen LogP contribution in [0.5, 0.6) is 0 Å². The van der Waals surface area contributed by atoms with Crippen LogP contribution in [0, 0.1) is 0 Å². The molecule has 6 nitrogen and oxygen atoms in total. The number of hydrogen-bond acceptors (Lipinski definition) is 5. The Labute approximate surface area is 191 Å². The van der Waals surface area contributed by atoms with E-state index in [-0.39, 0.29) is 24.4 Å². The highest BCUT2D eigenvalue weighted by atomic mass is 16.7. The smallest absolute Gasteiger partial charge is 0.445 e. The minimum absolute atomic E-state index is 0.236. The van der Waals surface area contributed by atoms with Crippen molar-refractivity contribution in [3.8, 4) is 0 Å². The molecule has 0 radical (unpaired) electrons. The van der Waals surface area contributed by atoms with Gasteiger partial charge in [0.15, 0.2) is 0 Å². The monoisotopic (exact) mass is 436 g/mol. The standard InChI is InChI=1S/C25H33BN2O4/c1-24(2)25(3,4)32-26(31-24)22-12-10-20(11-13-22)18-27-14-16-28(17-15-27)23(29)30-19-21-8-6-5-7-9-21/h5-13H,14-19H2,1-4H3. The van der Waals surface area contributed by atoms with Crippen molar-refractivity contribution in [3.05, 3.63) is 65.7 Å². The highest BCUT2D eigenvalue weighted by Gasteiger charge is 2.51. The quantitative estimate of drug-likeness (QED) is 0.673. The molecular weight excluding hydrogens is 403 g/mol. The Balaban J connectivity index is 1.23. The fourth-order valence-electron chi connectivity index (χ4n) is 3.92. The van der Waals surface area contributed by atoms with Gasteiger partial charge in [0.25, 0.3) is 0 Å². The van der Waals surface area contributed by atoms with Crippen LogP contribution in [0.4, 0.5) is 4.79 Å². The third-order valence-electron chi connectivity index (χ3n) is 6.75. The van der Waals surface area contributed by atoms with Crippen molar-refractivity contribution in [1.29, 1.82) is 0 Å². The van der Waals surface area contributed by atoms with Crippen LogP contribution in [-0.4, -0.2) is 60.4 Å². The predicted octanol–water partition coefficient (Wildman–Crippen LogP) is 3.44. The molecule has 2 heterocycles. The molecule has 2 fully saturated rings. The van der Waals surface area contributed by atoms with E-state index in [9.17, 15) is 4.79 Å². The summed E-state index contributed by atoms with van der Waals surface area (Å²) in [7, 11) is -0.334. The summed E-state index contributed by atoms with van der Waals surface area (Å²) in [6, 6.07) is 18.2. The molecule has 32 heavy (non-hydrogen) atoms. The van der Waals surface area contributed by atoms with Gasteiger partial charge < -0.3 is 18.9 Å². The van der Waals surface area contributed by atoms with Gasteiger partial charge in [0.05, 0.1) is 11.2 Å². The number of hydrogen-bond donors (Lipinski definition) is 0. The Morgan fingerprint density at radius 1 is 0.875 bits per heavy atom. The normalized spacial score (nSPS) is 20.4. The zero-order chi connectivity index (χ0) is 22.8. The van der Waals surface area contributed by atoms with Crippen LogP contribution < -0.4 is 5.46 Å². The molecule has 7 heteroatoms. The Kier molecular flexibility index (Phi) is 6.61. The van der Waals surface area contributed by atoms with E-state index in [0.29, 0.717) is 19.7 Å². The second-order valence-corrected chi connectivity index (χ2v) is 9.63. The summed E-state index contributed by atoms with van der Waals surface area (Å²) in [5.74, 6) is 0. The van der Waals surface area contributed by atoms with Gasteiger partial charge in [0.1, 0.15) is 6.61 Å². The zero-order valence-corrected chi connectivity index (χ0v) is 19.5. The maximum Gasteiger partial charge on any atom is 0.494 e. The maximum atomic E-state index is 12.4. The molecule has 0 saturated carbocycles. The first-order valence-corrected chi connectivity index (χ1v) is 11.4. The van der Waals surface area contributed by atoms with Crippen LogP contribution in [0.3, 0.4) is 0 Å². The molecule has 0 aliphatic carbocycles. The molecule has 0 N–H and O–H groups in total. The van der Waals surface area contributed by atoms with E-state index in [1.165, 1.54) is 5.56 Å². The van der Waals surface area contributed by atoms with Crippen LogP contribution in [0.2, 0.25) is 0 Å². The third kappa shape index (κ3) is 5.17. The van der Waals surface area contributed by atoms with Gasteiger partial charge >= 0.3 is 13.2 Å². The Morgan fingerprint density at radius 2 is 1.47 bits per heavy atom. The topological polar surface area (TPSA) is 51.2 Å². The molecule has 0 atom stereocenters. The lowest BCUT2D eigenvalue weighted by Crippen LogP contribution is -2.48. The lowest BCUT2D eigenvalue weighted by molar-refractivity contribution is 0.00578. The van der Waals surface area contributed by atoms with E-state index in [0.717, 1.165) is 30.7 Å². The van der Waals surface area contributed by atoms with E-state index < -0.39 is 0 Å². The van der Waals surface area contributed by atoms with Crippen LogP contribution in [0.25, 0.3) is 0 Å². The fraction of sp³-hybridized carbons (Fsp3) is 0.480. The van der Waals surface area contributed by atoms with Gasteiger partial charge in [-0.2, -0.15) is 0 Å². The van der Waals surface area contributed by atoms with Gasteiger partial charge in [-0.1, -0.05) is 54.6 Å². The van der Waals surface area contributed by atoms with E-state index >= 15 is 0 Å². The van der Waals surface area contributed by atoms with Crippen molar-refractivity contribution < 1.29 is 18.8 Å². The number of piperazine rings is 1. The Morgan fingerprint density at radius 3 is 2.06 bits per heavy atom. The number of rotatable bonds is 5. The minimum Gasteiger partial charge on any atom is -0.445 e. The lowest BCUT2D eigenvalue weighted by atomic mass is 9.79. The number of carbonyl (C=O) groups excluding carboxylic acids is 1. The van der Waals surface area contributed by atoms with E-state index in [1.54, 1.807) is 4.90 Å². The average Bonchev–Trinajstić information content (AvgIpc) is 3.00. The van der Waals surface area contributed by atoms with Crippen LogP contribution in [0.1, 0.15) is 38.8 Å². The maximum absolute atomic E-state index is 12.4. The number of nitrogens with zero attached hydrogens (tertiary/aromatic N) is 2. The zero-order valence-electron chi connectivity index (χ0n) is 19.5. The van der Waals surface area contributed by atoms with Gasteiger partial charge in [-0.3, -0.25) is 4.90 Å². The molecule has 4 rings (SSSR count). The Hall–Kier alpha value is -2.35.